The van der Waals surface area contributed by atoms with Crippen LogP contribution in [0.4, 0.5) is 5.69 Å². The van der Waals surface area contributed by atoms with Crippen LogP contribution in [0.2, 0.25) is 0 Å². The van der Waals surface area contributed by atoms with Crippen molar-refractivity contribution >= 4 is 5.69 Å². The molecule has 0 bridgehead atoms. The number of methoxy groups -OCH3 is 1. The summed E-state index contributed by atoms with van der Waals surface area (Å²) in [5.74, 6) is 0.890. The Balaban J connectivity index is 1.87. The largest absolute Gasteiger partial charge is 0.497 e. The van der Waals surface area contributed by atoms with E-state index in [4.69, 9.17) is 4.74 Å². The predicted octanol–water partition coefficient (Wildman–Crippen LogP) is 4.44. The Kier molecular flexibility index (Phi) is 5.05. The van der Waals surface area contributed by atoms with Gasteiger partial charge in [-0.05, 0) is 44.4 Å². The van der Waals surface area contributed by atoms with Crippen molar-refractivity contribution in [2.45, 2.75) is 32.7 Å². The van der Waals surface area contributed by atoms with Crippen LogP contribution in [0.15, 0.2) is 48.5 Å². The first-order chi connectivity index (χ1) is 9.67. The van der Waals surface area contributed by atoms with Gasteiger partial charge in [0.05, 0.1) is 7.11 Å². The third kappa shape index (κ3) is 4.30. The summed E-state index contributed by atoms with van der Waals surface area (Å²) in [6.45, 7) is 4.36. The van der Waals surface area contributed by atoms with Crippen LogP contribution in [0.3, 0.4) is 0 Å². The van der Waals surface area contributed by atoms with Gasteiger partial charge in [-0.25, -0.2) is 0 Å². The molecule has 2 aromatic carbocycles. The predicted molar refractivity (Wildman–Crippen MR) is 85.6 cm³/mol. The minimum absolute atomic E-state index is 0.433. The van der Waals surface area contributed by atoms with Crippen LogP contribution >= 0.6 is 0 Å². The van der Waals surface area contributed by atoms with Gasteiger partial charge in [0.2, 0.25) is 0 Å². The maximum Gasteiger partial charge on any atom is 0.120 e. The zero-order valence-electron chi connectivity index (χ0n) is 12.5. The van der Waals surface area contributed by atoms with Crippen molar-refractivity contribution in [1.29, 1.82) is 0 Å². The standard InChI is InChI=1S/C18H23NO/c1-14-6-4-7-16(12-14)11-10-15(2)19-17-8-5-9-18(13-17)20-3/h4-9,12-13,15,19H,10-11H2,1-3H3. The maximum atomic E-state index is 5.24. The van der Waals surface area contributed by atoms with Gasteiger partial charge in [-0.1, -0.05) is 35.9 Å². The number of anilines is 1. The second-order valence-corrected chi connectivity index (χ2v) is 5.31. The van der Waals surface area contributed by atoms with Crippen molar-refractivity contribution in [3.8, 4) is 5.75 Å². The van der Waals surface area contributed by atoms with Gasteiger partial charge in [0.25, 0.3) is 0 Å². The Hall–Kier alpha value is -1.96. The van der Waals surface area contributed by atoms with Crippen molar-refractivity contribution < 1.29 is 4.74 Å². The lowest BCUT2D eigenvalue weighted by molar-refractivity contribution is 0.415. The maximum absolute atomic E-state index is 5.24. The summed E-state index contributed by atoms with van der Waals surface area (Å²) < 4.78 is 5.24. The lowest BCUT2D eigenvalue weighted by Crippen LogP contribution is -2.16. The minimum atomic E-state index is 0.433. The van der Waals surface area contributed by atoms with Crippen LogP contribution in [0, 0.1) is 6.92 Å². The number of hydrogen-bond acceptors (Lipinski definition) is 2. The lowest BCUT2D eigenvalue weighted by Gasteiger charge is -2.16. The number of rotatable bonds is 6. The summed E-state index contributed by atoms with van der Waals surface area (Å²) in [6, 6.07) is 17.2. The highest BCUT2D eigenvalue weighted by Crippen LogP contribution is 2.18. The van der Waals surface area contributed by atoms with Gasteiger partial charge in [0.1, 0.15) is 5.75 Å². The van der Waals surface area contributed by atoms with E-state index in [1.807, 2.05) is 18.2 Å². The second-order valence-electron chi connectivity index (χ2n) is 5.31. The van der Waals surface area contributed by atoms with Crippen LogP contribution in [0.1, 0.15) is 24.5 Å². The molecule has 1 N–H and O–H groups in total. The molecular weight excluding hydrogens is 246 g/mol. The Morgan fingerprint density at radius 3 is 2.65 bits per heavy atom. The molecule has 0 amide bonds. The normalized spacial score (nSPS) is 11.9. The Morgan fingerprint density at radius 2 is 1.90 bits per heavy atom. The summed E-state index contributed by atoms with van der Waals surface area (Å²) in [6.07, 6.45) is 2.21. The summed E-state index contributed by atoms with van der Waals surface area (Å²) >= 11 is 0. The molecular formula is C18H23NO. The zero-order valence-corrected chi connectivity index (χ0v) is 12.5. The Bertz CT molecular complexity index is 551. The molecule has 20 heavy (non-hydrogen) atoms. The number of benzene rings is 2. The number of nitrogens with one attached hydrogen (secondary N) is 1. The van der Waals surface area contributed by atoms with Gasteiger partial charge in [0.15, 0.2) is 0 Å². The smallest absolute Gasteiger partial charge is 0.120 e. The molecule has 2 aromatic rings. The first-order valence-electron chi connectivity index (χ1n) is 7.13. The van der Waals surface area contributed by atoms with E-state index in [-0.39, 0.29) is 0 Å². The third-order valence-electron chi connectivity index (χ3n) is 3.43. The van der Waals surface area contributed by atoms with E-state index in [0.29, 0.717) is 6.04 Å². The molecule has 0 aliphatic heterocycles. The molecule has 0 heterocycles. The quantitative estimate of drug-likeness (QED) is 0.837. The van der Waals surface area contributed by atoms with E-state index in [1.165, 1.54) is 11.1 Å². The second kappa shape index (κ2) is 6.99. The SMILES string of the molecule is COc1cccc(NC(C)CCc2cccc(C)c2)c1. The van der Waals surface area contributed by atoms with Crippen molar-refractivity contribution in [1.82, 2.24) is 0 Å². The highest BCUT2D eigenvalue weighted by atomic mass is 16.5. The molecule has 0 aliphatic rings. The molecule has 0 radical (unpaired) electrons. The average Bonchev–Trinajstić information content (AvgIpc) is 2.45. The third-order valence-corrected chi connectivity index (χ3v) is 3.43. The van der Waals surface area contributed by atoms with Crippen molar-refractivity contribution in [2.75, 3.05) is 12.4 Å². The van der Waals surface area contributed by atoms with E-state index in [2.05, 4.69) is 49.5 Å². The minimum Gasteiger partial charge on any atom is -0.497 e. The first-order valence-corrected chi connectivity index (χ1v) is 7.13. The number of hydrogen-bond donors (Lipinski definition) is 1. The highest BCUT2D eigenvalue weighted by Gasteiger charge is 2.04. The molecule has 0 saturated carbocycles. The van der Waals surface area contributed by atoms with E-state index in [1.54, 1.807) is 7.11 Å². The number of aryl methyl sites for hydroxylation is 2. The molecule has 2 heteroatoms. The van der Waals surface area contributed by atoms with Gasteiger partial charge >= 0.3 is 0 Å². The van der Waals surface area contributed by atoms with Crippen LogP contribution in [-0.2, 0) is 6.42 Å². The van der Waals surface area contributed by atoms with Crippen molar-refractivity contribution in [3.05, 3.63) is 59.7 Å². The van der Waals surface area contributed by atoms with Crippen LogP contribution in [-0.4, -0.2) is 13.2 Å². The average molecular weight is 269 g/mol. The lowest BCUT2D eigenvalue weighted by atomic mass is 10.0. The molecule has 0 spiro atoms. The summed E-state index contributed by atoms with van der Waals surface area (Å²) in [5.41, 5.74) is 3.85. The molecule has 1 unspecified atom stereocenters. The van der Waals surface area contributed by atoms with Crippen LogP contribution in [0.25, 0.3) is 0 Å². The summed E-state index contributed by atoms with van der Waals surface area (Å²) in [7, 11) is 1.69. The summed E-state index contributed by atoms with van der Waals surface area (Å²) in [4.78, 5) is 0. The van der Waals surface area contributed by atoms with E-state index >= 15 is 0 Å². The van der Waals surface area contributed by atoms with Gasteiger partial charge < -0.3 is 10.1 Å². The molecule has 0 saturated heterocycles. The Morgan fingerprint density at radius 1 is 1.10 bits per heavy atom. The molecule has 0 fully saturated rings. The molecule has 2 rings (SSSR count). The van der Waals surface area contributed by atoms with E-state index < -0.39 is 0 Å². The van der Waals surface area contributed by atoms with E-state index in [9.17, 15) is 0 Å². The fourth-order valence-electron chi connectivity index (χ4n) is 2.32. The topological polar surface area (TPSA) is 21.3 Å². The van der Waals surface area contributed by atoms with Gasteiger partial charge in [-0.2, -0.15) is 0 Å². The molecule has 0 aromatic heterocycles. The fraction of sp³-hybridized carbons (Fsp3) is 0.333. The van der Waals surface area contributed by atoms with Crippen LogP contribution in [0.5, 0.6) is 5.75 Å². The fourth-order valence-corrected chi connectivity index (χ4v) is 2.32. The number of ether oxygens (including phenoxy) is 1. The van der Waals surface area contributed by atoms with Crippen molar-refractivity contribution in [3.63, 3.8) is 0 Å². The molecule has 0 aliphatic carbocycles. The highest BCUT2D eigenvalue weighted by molar-refractivity contribution is 5.48. The Labute approximate surface area is 121 Å². The van der Waals surface area contributed by atoms with Gasteiger partial charge in [-0.3, -0.25) is 0 Å². The van der Waals surface area contributed by atoms with Gasteiger partial charge in [0, 0.05) is 17.8 Å². The van der Waals surface area contributed by atoms with Crippen molar-refractivity contribution in [2.24, 2.45) is 0 Å². The molecule has 2 nitrogen and oxygen atoms in total. The van der Waals surface area contributed by atoms with Gasteiger partial charge in [-0.15, -0.1) is 0 Å². The van der Waals surface area contributed by atoms with E-state index in [0.717, 1.165) is 24.3 Å². The molecule has 106 valence electrons. The summed E-state index contributed by atoms with van der Waals surface area (Å²) in [5, 5.41) is 3.52. The zero-order chi connectivity index (χ0) is 14.4. The van der Waals surface area contributed by atoms with Crippen LogP contribution < -0.4 is 10.1 Å². The molecule has 1 atom stereocenters. The monoisotopic (exact) mass is 269 g/mol. The first kappa shape index (κ1) is 14.4.